The van der Waals surface area contributed by atoms with Gasteiger partial charge in [0.25, 0.3) is 0 Å². The topological polar surface area (TPSA) is 66.8 Å². The second-order valence-corrected chi connectivity index (χ2v) is 3.85. The largest absolute Gasteiger partial charge is 0.480 e. The third-order valence-corrected chi connectivity index (χ3v) is 2.47. The van der Waals surface area contributed by atoms with Gasteiger partial charge in [0.15, 0.2) is 0 Å². The molecule has 0 radical (unpaired) electrons. The first-order valence-corrected chi connectivity index (χ1v) is 5.73. The third-order valence-electron chi connectivity index (χ3n) is 2.47. The molecule has 0 saturated carbocycles. The number of anilines is 1. The van der Waals surface area contributed by atoms with Crippen LogP contribution in [0.5, 0.6) is 0 Å². The Balaban J connectivity index is 2.86. The summed E-state index contributed by atoms with van der Waals surface area (Å²) in [6, 6.07) is 6.72. The van der Waals surface area contributed by atoms with Gasteiger partial charge in [-0.3, -0.25) is 4.79 Å². The highest BCUT2D eigenvalue weighted by atomic mass is 16.5. The zero-order valence-electron chi connectivity index (χ0n) is 10.5. The summed E-state index contributed by atoms with van der Waals surface area (Å²) in [7, 11) is 1.32. The smallest absolute Gasteiger partial charge is 0.337 e. The molecule has 0 aliphatic carbocycles. The summed E-state index contributed by atoms with van der Waals surface area (Å²) < 4.78 is 4.60. The van der Waals surface area contributed by atoms with Crippen molar-refractivity contribution in [2.75, 3.05) is 25.1 Å². The summed E-state index contributed by atoms with van der Waals surface area (Å²) >= 11 is 0. The van der Waals surface area contributed by atoms with Gasteiger partial charge in [-0.15, -0.1) is 0 Å². The van der Waals surface area contributed by atoms with Crippen LogP contribution in [0.2, 0.25) is 0 Å². The summed E-state index contributed by atoms with van der Waals surface area (Å²) in [5, 5.41) is 8.84. The minimum absolute atomic E-state index is 0.0502. The Hall–Kier alpha value is -2.04. The molecule has 0 spiro atoms. The van der Waals surface area contributed by atoms with E-state index in [0.717, 1.165) is 12.1 Å². The van der Waals surface area contributed by atoms with Gasteiger partial charge >= 0.3 is 11.9 Å². The van der Waals surface area contributed by atoms with E-state index in [4.69, 9.17) is 5.11 Å². The van der Waals surface area contributed by atoms with E-state index in [0.29, 0.717) is 12.1 Å². The number of carboxylic acids is 1. The zero-order valence-corrected chi connectivity index (χ0v) is 10.5. The molecule has 0 aliphatic rings. The minimum atomic E-state index is -0.875. The van der Waals surface area contributed by atoms with Gasteiger partial charge in [-0.2, -0.15) is 0 Å². The van der Waals surface area contributed by atoms with E-state index in [1.54, 1.807) is 29.2 Å². The maximum absolute atomic E-state index is 11.3. The maximum Gasteiger partial charge on any atom is 0.337 e. The predicted molar refractivity (Wildman–Crippen MR) is 67.9 cm³/mol. The number of nitrogens with zero attached hydrogens (tertiary/aromatic N) is 1. The van der Waals surface area contributed by atoms with Crippen LogP contribution in [0.3, 0.4) is 0 Å². The lowest BCUT2D eigenvalue weighted by atomic mass is 10.2. The molecule has 0 heterocycles. The Morgan fingerprint density at radius 3 is 2.33 bits per heavy atom. The zero-order chi connectivity index (χ0) is 13.5. The molecular formula is C13H17NO4. The van der Waals surface area contributed by atoms with Crippen LogP contribution in [0, 0.1) is 0 Å². The molecule has 0 amide bonds. The monoisotopic (exact) mass is 251 g/mol. The first-order valence-electron chi connectivity index (χ1n) is 5.73. The van der Waals surface area contributed by atoms with Crippen LogP contribution >= 0.6 is 0 Å². The molecule has 1 aromatic rings. The van der Waals surface area contributed by atoms with Crippen molar-refractivity contribution in [1.29, 1.82) is 0 Å². The summed E-state index contributed by atoms with van der Waals surface area (Å²) in [6.07, 6.45) is 0.853. The average molecular weight is 251 g/mol. The number of ether oxygens (including phenoxy) is 1. The van der Waals surface area contributed by atoms with E-state index in [1.807, 2.05) is 6.92 Å². The van der Waals surface area contributed by atoms with E-state index in [2.05, 4.69) is 4.74 Å². The Morgan fingerprint density at radius 2 is 1.89 bits per heavy atom. The first-order chi connectivity index (χ1) is 8.58. The molecule has 0 aromatic heterocycles. The Kier molecular flexibility index (Phi) is 5.17. The number of hydrogen-bond acceptors (Lipinski definition) is 4. The van der Waals surface area contributed by atoms with Gasteiger partial charge in [0, 0.05) is 12.2 Å². The van der Waals surface area contributed by atoms with Crippen LogP contribution in [0.25, 0.3) is 0 Å². The SMILES string of the molecule is CCCN(CC(=O)O)c1ccc(C(=O)OC)cc1. The second kappa shape index (κ2) is 6.64. The maximum atomic E-state index is 11.3. The van der Waals surface area contributed by atoms with Gasteiger partial charge in [-0.05, 0) is 30.7 Å². The van der Waals surface area contributed by atoms with Crippen molar-refractivity contribution in [3.8, 4) is 0 Å². The Bertz CT molecular complexity index is 414. The van der Waals surface area contributed by atoms with Crippen molar-refractivity contribution in [2.45, 2.75) is 13.3 Å². The van der Waals surface area contributed by atoms with Gasteiger partial charge in [0.1, 0.15) is 6.54 Å². The molecule has 1 rings (SSSR count). The van der Waals surface area contributed by atoms with Gasteiger partial charge in [0.2, 0.25) is 0 Å². The van der Waals surface area contributed by atoms with Crippen molar-refractivity contribution in [3.63, 3.8) is 0 Å². The summed E-state index contributed by atoms with van der Waals surface area (Å²) in [5.74, 6) is -1.28. The molecule has 1 aromatic carbocycles. The normalized spacial score (nSPS) is 9.89. The lowest BCUT2D eigenvalue weighted by Gasteiger charge is -2.22. The second-order valence-electron chi connectivity index (χ2n) is 3.85. The van der Waals surface area contributed by atoms with Crippen molar-refractivity contribution >= 4 is 17.6 Å². The van der Waals surface area contributed by atoms with Crippen LogP contribution < -0.4 is 4.90 Å². The molecule has 0 saturated heterocycles. The van der Waals surface area contributed by atoms with Crippen LogP contribution in [0.4, 0.5) is 5.69 Å². The van der Waals surface area contributed by atoms with E-state index in [9.17, 15) is 9.59 Å². The third kappa shape index (κ3) is 3.76. The molecule has 98 valence electrons. The summed E-state index contributed by atoms with van der Waals surface area (Å²) in [6.45, 7) is 2.59. The van der Waals surface area contributed by atoms with Gasteiger partial charge < -0.3 is 14.7 Å². The molecule has 0 unspecified atom stereocenters. The van der Waals surface area contributed by atoms with Crippen molar-refractivity contribution in [3.05, 3.63) is 29.8 Å². The Morgan fingerprint density at radius 1 is 1.28 bits per heavy atom. The minimum Gasteiger partial charge on any atom is -0.480 e. The number of esters is 1. The first kappa shape index (κ1) is 14.0. The summed E-state index contributed by atoms with van der Waals surface area (Å²) in [4.78, 5) is 23.8. The standard InChI is InChI=1S/C13H17NO4/c1-3-8-14(9-12(15)16)11-6-4-10(5-7-11)13(17)18-2/h4-7H,3,8-9H2,1-2H3,(H,15,16). The summed E-state index contributed by atoms with van der Waals surface area (Å²) in [5.41, 5.74) is 1.24. The van der Waals surface area contributed by atoms with Crippen LogP contribution in [-0.4, -0.2) is 37.2 Å². The van der Waals surface area contributed by atoms with Crippen LogP contribution in [-0.2, 0) is 9.53 Å². The van der Waals surface area contributed by atoms with Gasteiger partial charge in [-0.25, -0.2) is 4.79 Å². The number of carbonyl (C=O) groups excluding carboxylic acids is 1. The fourth-order valence-corrected chi connectivity index (χ4v) is 1.66. The fourth-order valence-electron chi connectivity index (χ4n) is 1.66. The molecule has 0 aliphatic heterocycles. The van der Waals surface area contributed by atoms with Crippen molar-refractivity contribution in [2.24, 2.45) is 0 Å². The van der Waals surface area contributed by atoms with Crippen molar-refractivity contribution in [1.82, 2.24) is 0 Å². The molecule has 0 bridgehead atoms. The van der Waals surface area contributed by atoms with Crippen LogP contribution in [0.15, 0.2) is 24.3 Å². The molecule has 0 atom stereocenters. The van der Waals surface area contributed by atoms with Gasteiger partial charge in [0.05, 0.1) is 12.7 Å². The number of benzene rings is 1. The molecule has 18 heavy (non-hydrogen) atoms. The molecule has 1 N–H and O–H groups in total. The highest BCUT2D eigenvalue weighted by molar-refractivity contribution is 5.89. The predicted octanol–water partition coefficient (Wildman–Crippen LogP) is 1.77. The molecular weight excluding hydrogens is 234 g/mol. The number of carbonyl (C=O) groups is 2. The van der Waals surface area contributed by atoms with Gasteiger partial charge in [-0.1, -0.05) is 6.92 Å². The lowest BCUT2D eigenvalue weighted by Crippen LogP contribution is -2.30. The van der Waals surface area contributed by atoms with Crippen LogP contribution in [0.1, 0.15) is 23.7 Å². The fraction of sp³-hybridized carbons (Fsp3) is 0.385. The van der Waals surface area contributed by atoms with E-state index in [1.165, 1.54) is 7.11 Å². The van der Waals surface area contributed by atoms with E-state index in [-0.39, 0.29) is 6.54 Å². The van der Waals surface area contributed by atoms with E-state index >= 15 is 0 Å². The average Bonchev–Trinajstić information content (AvgIpc) is 2.37. The number of methoxy groups -OCH3 is 1. The van der Waals surface area contributed by atoms with Crippen molar-refractivity contribution < 1.29 is 19.4 Å². The quantitative estimate of drug-likeness (QED) is 0.780. The Labute approximate surface area is 106 Å². The highest BCUT2D eigenvalue weighted by Crippen LogP contribution is 2.16. The molecule has 5 heteroatoms. The number of rotatable bonds is 6. The molecule has 0 fully saturated rings. The highest BCUT2D eigenvalue weighted by Gasteiger charge is 2.11. The lowest BCUT2D eigenvalue weighted by molar-refractivity contribution is -0.135. The number of aliphatic carboxylic acids is 1. The number of hydrogen-bond donors (Lipinski definition) is 1. The number of carboxylic acid groups (broad SMARTS) is 1. The van der Waals surface area contributed by atoms with E-state index < -0.39 is 11.9 Å². The molecule has 5 nitrogen and oxygen atoms in total.